The molecule has 3 heterocycles. The Kier molecular flexibility index (Phi) is 48.5. The number of rotatable bonds is 57. The molecule has 3 aliphatic rings. The number of hydrogen-bond acceptors (Lipinski definition) is 18. The number of carbonyl (C=O) groups excluding carboxylic acids is 1. The smallest absolute Gasteiger partial charge is 0.220 e. The van der Waals surface area contributed by atoms with Gasteiger partial charge in [-0.3, -0.25) is 4.79 Å². The second-order valence-corrected chi connectivity index (χ2v) is 26.4. The van der Waals surface area contributed by atoms with Gasteiger partial charge in [0.05, 0.1) is 38.6 Å². The van der Waals surface area contributed by atoms with E-state index in [0.29, 0.717) is 6.42 Å². The van der Waals surface area contributed by atoms with E-state index in [0.717, 1.165) is 44.9 Å². The maximum atomic E-state index is 13.4. The first-order valence-corrected chi connectivity index (χ1v) is 36.4. The zero-order valence-electron chi connectivity index (χ0n) is 55.7. The van der Waals surface area contributed by atoms with Crippen LogP contribution in [-0.4, -0.2) is 193 Å². The summed E-state index contributed by atoms with van der Waals surface area (Å²) in [7, 11) is 0. The molecule has 0 spiro atoms. The van der Waals surface area contributed by atoms with E-state index in [1.807, 2.05) is 6.08 Å². The van der Waals surface area contributed by atoms with Crippen molar-refractivity contribution in [3.8, 4) is 0 Å². The average Bonchev–Trinajstić information content (AvgIpc) is 1.91. The number of amides is 1. The second kappa shape index (κ2) is 52.8. The zero-order valence-corrected chi connectivity index (χ0v) is 55.7. The fourth-order valence-electron chi connectivity index (χ4n) is 12.7. The summed E-state index contributed by atoms with van der Waals surface area (Å²) >= 11 is 0. The molecular weight excluding hydrogens is 1140 g/mol. The second-order valence-electron chi connectivity index (χ2n) is 26.4. The number of allylic oxidation sites excluding steroid dienone is 1. The van der Waals surface area contributed by atoms with Gasteiger partial charge in [0.1, 0.15) is 73.2 Å². The third kappa shape index (κ3) is 34.7. The molecule has 0 saturated carbocycles. The monoisotopic (exact) mass is 1280 g/mol. The number of ether oxygens (including phenoxy) is 6. The highest BCUT2D eigenvalue weighted by atomic mass is 16.8. The quantitative estimate of drug-likeness (QED) is 0.0199. The number of carbonyl (C=O) groups is 1. The Bertz CT molecular complexity index is 1670. The van der Waals surface area contributed by atoms with Gasteiger partial charge in [0.25, 0.3) is 0 Å². The highest BCUT2D eigenvalue weighted by Crippen LogP contribution is 2.33. The van der Waals surface area contributed by atoms with Gasteiger partial charge in [-0.25, -0.2) is 0 Å². The Hall–Kier alpha value is -1.47. The maximum absolute atomic E-state index is 13.4. The maximum Gasteiger partial charge on any atom is 0.220 e. The number of aliphatic hydroxyl groups excluding tert-OH is 11. The highest BCUT2D eigenvalue weighted by molar-refractivity contribution is 5.76. The van der Waals surface area contributed by atoms with E-state index >= 15 is 0 Å². The van der Waals surface area contributed by atoms with Gasteiger partial charge in [0.2, 0.25) is 5.91 Å². The SMILES string of the molecule is CCCCCCCCCCCCCCCCCC/C=C/C(O)C(COC1OC(CO)C(OC2OC(CO)C(OC3OC(CO)C(O)C(O)C3O)C(O)C2O)C(O)C1O)NC(=O)CCCCCCCCCCCCCCCCCCCCCCCCCCCC. The summed E-state index contributed by atoms with van der Waals surface area (Å²) in [4.78, 5) is 13.4. The van der Waals surface area contributed by atoms with Crippen LogP contribution in [0.1, 0.15) is 296 Å². The Morgan fingerprint density at radius 1 is 0.393 bits per heavy atom. The molecular formula is C70H133NO18. The summed E-state index contributed by atoms with van der Waals surface area (Å²) in [6.07, 6.45) is 31.9. The van der Waals surface area contributed by atoms with Crippen molar-refractivity contribution in [2.45, 2.75) is 401 Å². The molecule has 0 aromatic carbocycles. The molecule has 19 heteroatoms. The van der Waals surface area contributed by atoms with Gasteiger partial charge >= 0.3 is 0 Å². The van der Waals surface area contributed by atoms with Crippen molar-refractivity contribution in [2.24, 2.45) is 0 Å². The lowest BCUT2D eigenvalue weighted by Gasteiger charge is -2.48. The molecule has 3 aliphatic heterocycles. The van der Waals surface area contributed by atoms with Gasteiger partial charge in [0, 0.05) is 6.42 Å². The number of nitrogens with one attached hydrogen (secondary N) is 1. The fourth-order valence-corrected chi connectivity index (χ4v) is 12.7. The lowest BCUT2D eigenvalue weighted by atomic mass is 9.96. The predicted octanol–water partition coefficient (Wildman–Crippen LogP) is 10.1. The van der Waals surface area contributed by atoms with Crippen LogP contribution in [0.15, 0.2) is 12.2 Å². The van der Waals surface area contributed by atoms with E-state index in [9.17, 15) is 61.0 Å². The van der Waals surface area contributed by atoms with E-state index < -0.39 is 124 Å². The van der Waals surface area contributed by atoms with Crippen molar-refractivity contribution >= 4 is 5.91 Å². The minimum Gasteiger partial charge on any atom is -0.394 e. The molecule has 0 aromatic rings. The van der Waals surface area contributed by atoms with Gasteiger partial charge in [0.15, 0.2) is 18.9 Å². The molecule has 12 N–H and O–H groups in total. The summed E-state index contributed by atoms with van der Waals surface area (Å²) in [5, 5.41) is 121. The third-order valence-corrected chi connectivity index (χ3v) is 18.6. The van der Waals surface area contributed by atoms with Gasteiger partial charge in [-0.15, -0.1) is 0 Å². The summed E-state index contributed by atoms with van der Waals surface area (Å²) in [5.41, 5.74) is 0. The normalized spacial score (nSPS) is 28.2. The molecule has 17 atom stereocenters. The Morgan fingerprint density at radius 2 is 0.697 bits per heavy atom. The van der Waals surface area contributed by atoms with Crippen LogP contribution in [0.25, 0.3) is 0 Å². The molecule has 0 aromatic heterocycles. The minimum atomic E-state index is -1.98. The molecule has 3 fully saturated rings. The van der Waals surface area contributed by atoms with Crippen LogP contribution in [-0.2, 0) is 33.2 Å². The molecule has 0 radical (unpaired) electrons. The molecule has 0 aliphatic carbocycles. The predicted molar refractivity (Wildman–Crippen MR) is 347 cm³/mol. The minimum absolute atomic E-state index is 0.250. The van der Waals surface area contributed by atoms with E-state index in [-0.39, 0.29) is 18.9 Å². The topological polar surface area (TPSA) is 307 Å². The van der Waals surface area contributed by atoms with Crippen molar-refractivity contribution in [2.75, 3.05) is 26.4 Å². The van der Waals surface area contributed by atoms with Crippen LogP contribution in [0.2, 0.25) is 0 Å². The van der Waals surface area contributed by atoms with E-state index in [1.54, 1.807) is 6.08 Å². The molecule has 0 bridgehead atoms. The summed E-state index contributed by atoms with van der Waals surface area (Å²) in [6, 6.07) is -0.969. The summed E-state index contributed by atoms with van der Waals surface area (Å²) in [5.74, 6) is -0.268. The van der Waals surface area contributed by atoms with Crippen molar-refractivity contribution in [1.29, 1.82) is 0 Å². The number of aliphatic hydroxyl groups is 11. The first kappa shape index (κ1) is 81.8. The van der Waals surface area contributed by atoms with Crippen molar-refractivity contribution in [3.63, 3.8) is 0 Å². The van der Waals surface area contributed by atoms with Crippen LogP contribution in [0.5, 0.6) is 0 Å². The van der Waals surface area contributed by atoms with Crippen LogP contribution in [0.3, 0.4) is 0 Å². The van der Waals surface area contributed by atoms with Gasteiger partial charge in [-0.05, 0) is 19.3 Å². The Balaban J connectivity index is 1.41. The molecule has 3 saturated heterocycles. The highest BCUT2D eigenvalue weighted by Gasteiger charge is 2.53. The molecule has 19 nitrogen and oxygen atoms in total. The van der Waals surface area contributed by atoms with Gasteiger partial charge in [-0.1, -0.05) is 283 Å². The molecule has 3 rings (SSSR count). The zero-order chi connectivity index (χ0) is 64.7. The van der Waals surface area contributed by atoms with E-state index in [2.05, 4.69) is 19.2 Å². The molecule has 17 unspecified atom stereocenters. The number of unbranched alkanes of at least 4 members (excludes halogenated alkanes) is 41. The van der Waals surface area contributed by atoms with E-state index in [4.69, 9.17) is 28.4 Å². The first-order chi connectivity index (χ1) is 43.3. The van der Waals surface area contributed by atoms with Gasteiger partial charge < -0.3 is 89.9 Å². The van der Waals surface area contributed by atoms with Crippen LogP contribution < -0.4 is 5.32 Å². The largest absolute Gasteiger partial charge is 0.394 e. The molecule has 89 heavy (non-hydrogen) atoms. The van der Waals surface area contributed by atoms with Crippen molar-refractivity contribution < 1.29 is 89.4 Å². The summed E-state index contributed by atoms with van der Waals surface area (Å²) < 4.78 is 34.4. The molecule has 1 amide bonds. The third-order valence-electron chi connectivity index (χ3n) is 18.6. The van der Waals surface area contributed by atoms with Crippen molar-refractivity contribution in [3.05, 3.63) is 12.2 Å². The lowest BCUT2D eigenvalue weighted by Crippen LogP contribution is -2.66. The first-order valence-electron chi connectivity index (χ1n) is 36.4. The van der Waals surface area contributed by atoms with Crippen LogP contribution in [0.4, 0.5) is 0 Å². The van der Waals surface area contributed by atoms with Crippen molar-refractivity contribution in [1.82, 2.24) is 5.32 Å². The Labute approximate surface area is 537 Å². The van der Waals surface area contributed by atoms with Crippen LogP contribution >= 0.6 is 0 Å². The Morgan fingerprint density at radius 3 is 1.06 bits per heavy atom. The van der Waals surface area contributed by atoms with Crippen LogP contribution in [0, 0.1) is 0 Å². The number of hydrogen-bond donors (Lipinski definition) is 12. The standard InChI is InChI=1S/C70H133NO18/c1-3-5-7-9-11-13-15-17-19-21-23-24-25-26-27-28-29-30-32-34-36-38-40-42-44-46-48-58(76)71-53(54(75)47-45-43-41-39-37-35-33-31-22-20-18-16-14-12-10-8-6-4-2)52-84-68-64(82)61(79)66(56(50-73)86-68)89-70-65(83)62(80)67(57(51-74)87-70)88-69-63(81)60(78)59(77)55(49-72)85-69/h45,47,53-57,59-70,72-75,77-83H,3-44,46,48-52H2,1-2H3,(H,71,76)/b47-45+. The lowest BCUT2D eigenvalue weighted by molar-refractivity contribution is -0.379. The van der Waals surface area contributed by atoms with Gasteiger partial charge in [-0.2, -0.15) is 0 Å². The fraction of sp³-hybridized carbons (Fsp3) is 0.957. The molecule has 526 valence electrons. The average molecular weight is 1280 g/mol. The van der Waals surface area contributed by atoms with E-state index in [1.165, 1.54) is 225 Å². The summed E-state index contributed by atoms with van der Waals surface area (Å²) in [6.45, 7) is 1.78.